The molecule has 0 aliphatic rings. The van der Waals surface area contributed by atoms with Crippen LogP contribution < -0.4 is 5.69 Å². The third-order valence-corrected chi connectivity index (χ3v) is 2.77. The highest BCUT2D eigenvalue weighted by atomic mass is 19.1. The van der Waals surface area contributed by atoms with Crippen LogP contribution in [0.4, 0.5) is 4.39 Å². The summed E-state index contributed by atoms with van der Waals surface area (Å²) in [7, 11) is 0. The monoisotopic (exact) mass is 244 g/mol. The van der Waals surface area contributed by atoms with Gasteiger partial charge in [-0.2, -0.15) is 0 Å². The van der Waals surface area contributed by atoms with Crippen LogP contribution in [0.3, 0.4) is 0 Å². The van der Waals surface area contributed by atoms with Gasteiger partial charge in [0.15, 0.2) is 0 Å². The Morgan fingerprint density at radius 2 is 1.83 bits per heavy atom. The zero-order valence-corrected chi connectivity index (χ0v) is 9.22. The quantitative estimate of drug-likeness (QED) is 0.689. The van der Waals surface area contributed by atoms with Gasteiger partial charge in [-0.1, -0.05) is 6.07 Å². The van der Waals surface area contributed by atoms with Crippen molar-refractivity contribution in [1.82, 2.24) is 9.55 Å². The Morgan fingerprint density at radius 3 is 2.56 bits per heavy atom. The van der Waals surface area contributed by atoms with Crippen LogP contribution in [0.5, 0.6) is 5.75 Å². The summed E-state index contributed by atoms with van der Waals surface area (Å²) in [5, 5.41) is 9.83. The predicted molar refractivity (Wildman–Crippen MR) is 65.5 cm³/mol. The Balaban J connectivity index is 2.38. The number of hydrogen-bond acceptors (Lipinski definition) is 2. The number of phenols is 1. The van der Waals surface area contributed by atoms with E-state index < -0.39 is 0 Å². The summed E-state index contributed by atoms with van der Waals surface area (Å²) < 4.78 is 14.2. The van der Waals surface area contributed by atoms with Crippen LogP contribution in [0.2, 0.25) is 0 Å². The average Bonchev–Trinajstić information content (AvgIpc) is 2.68. The molecular weight excluding hydrogens is 235 g/mol. The van der Waals surface area contributed by atoms with E-state index in [-0.39, 0.29) is 17.3 Å². The normalized spacial score (nSPS) is 10.9. The molecule has 0 amide bonds. The summed E-state index contributed by atoms with van der Waals surface area (Å²) >= 11 is 0. The van der Waals surface area contributed by atoms with E-state index in [4.69, 9.17) is 0 Å². The Hall–Kier alpha value is -2.56. The Morgan fingerprint density at radius 1 is 1.11 bits per heavy atom. The topological polar surface area (TPSA) is 58.0 Å². The molecule has 3 aromatic rings. The van der Waals surface area contributed by atoms with Gasteiger partial charge in [0.25, 0.3) is 0 Å². The first kappa shape index (κ1) is 10.6. The minimum absolute atomic E-state index is 0.00447. The second-order valence-corrected chi connectivity index (χ2v) is 3.92. The number of halogens is 1. The fourth-order valence-corrected chi connectivity index (χ4v) is 1.98. The molecule has 0 saturated heterocycles. The third kappa shape index (κ3) is 1.48. The highest BCUT2D eigenvalue weighted by molar-refractivity contribution is 5.83. The summed E-state index contributed by atoms with van der Waals surface area (Å²) in [5.74, 6) is -0.383. The molecule has 18 heavy (non-hydrogen) atoms. The number of hydrogen-bond donors (Lipinski definition) is 2. The molecule has 0 atom stereocenters. The van der Waals surface area contributed by atoms with Crippen molar-refractivity contribution in [2.45, 2.75) is 0 Å². The molecule has 0 spiro atoms. The number of para-hydroxylation sites is 1. The summed E-state index contributed by atoms with van der Waals surface area (Å²) in [5.41, 5.74) is 1.03. The van der Waals surface area contributed by atoms with E-state index in [1.807, 2.05) is 0 Å². The van der Waals surface area contributed by atoms with Crippen LogP contribution in [-0.4, -0.2) is 14.7 Å². The number of imidazole rings is 1. The summed E-state index contributed by atoms with van der Waals surface area (Å²) in [6.07, 6.45) is 0. The lowest BCUT2D eigenvalue weighted by atomic mass is 10.2. The molecule has 1 heterocycles. The van der Waals surface area contributed by atoms with Crippen LogP contribution in [0, 0.1) is 5.82 Å². The molecule has 2 aromatic carbocycles. The fraction of sp³-hybridized carbons (Fsp3) is 0. The maximum atomic E-state index is 12.9. The molecule has 4 nitrogen and oxygen atoms in total. The van der Waals surface area contributed by atoms with Crippen molar-refractivity contribution in [3.8, 4) is 11.4 Å². The second kappa shape index (κ2) is 3.73. The number of phenolic OH excluding ortho intramolecular Hbond substituents is 1. The number of nitrogens with one attached hydrogen (secondary N) is 1. The molecule has 90 valence electrons. The van der Waals surface area contributed by atoms with E-state index in [1.165, 1.54) is 34.9 Å². The lowest BCUT2D eigenvalue weighted by Crippen LogP contribution is -2.14. The molecule has 0 unspecified atom stereocenters. The zero-order chi connectivity index (χ0) is 12.7. The van der Waals surface area contributed by atoms with E-state index in [1.54, 1.807) is 12.1 Å². The minimum Gasteiger partial charge on any atom is -0.506 e. The van der Waals surface area contributed by atoms with Gasteiger partial charge >= 0.3 is 5.69 Å². The highest BCUT2D eigenvalue weighted by Crippen LogP contribution is 2.24. The number of rotatable bonds is 1. The van der Waals surface area contributed by atoms with E-state index in [0.717, 1.165) is 0 Å². The first-order chi connectivity index (χ1) is 8.66. The van der Waals surface area contributed by atoms with Crippen molar-refractivity contribution in [3.63, 3.8) is 0 Å². The van der Waals surface area contributed by atoms with Gasteiger partial charge in [-0.25, -0.2) is 9.18 Å². The van der Waals surface area contributed by atoms with Crippen LogP contribution in [-0.2, 0) is 0 Å². The standard InChI is InChI=1S/C13H9FN2O2/c14-8-4-6-9(7-5-8)16-12-10(15-13(16)18)2-1-3-11(12)17/h1-7,17H,(H,15,18). The molecular formula is C13H9FN2O2. The second-order valence-electron chi connectivity index (χ2n) is 3.92. The van der Waals surface area contributed by atoms with Crippen LogP contribution in [0.1, 0.15) is 0 Å². The van der Waals surface area contributed by atoms with Gasteiger partial charge in [0.2, 0.25) is 0 Å². The lowest BCUT2D eigenvalue weighted by molar-refractivity contribution is 0.479. The SMILES string of the molecule is O=c1[nH]c2cccc(O)c2n1-c1ccc(F)cc1. The molecule has 0 aliphatic carbocycles. The molecule has 0 fully saturated rings. The molecule has 3 rings (SSSR count). The zero-order valence-electron chi connectivity index (χ0n) is 9.22. The number of aromatic nitrogens is 2. The van der Waals surface area contributed by atoms with Gasteiger partial charge in [0.1, 0.15) is 17.1 Å². The van der Waals surface area contributed by atoms with Crippen molar-refractivity contribution in [3.05, 3.63) is 58.8 Å². The van der Waals surface area contributed by atoms with Gasteiger partial charge < -0.3 is 10.1 Å². The summed E-state index contributed by atoms with van der Waals surface area (Å²) in [6.45, 7) is 0. The molecule has 2 N–H and O–H groups in total. The molecule has 0 aliphatic heterocycles. The predicted octanol–water partition coefficient (Wildman–Crippen LogP) is 2.16. The van der Waals surface area contributed by atoms with Crippen LogP contribution >= 0.6 is 0 Å². The third-order valence-electron chi connectivity index (χ3n) is 2.77. The van der Waals surface area contributed by atoms with Gasteiger partial charge in [-0.05, 0) is 36.4 Å². The van der Waals surface area contributed by atoms with Crippen molar-refractivity contribution in [2.24, 2.45) is 0 Å². The fourth-order valence-electron chi connectivity index (χ4n) is 1.98. The highest BCUT2D eigenvalue weighted by Gasteiger charge is 2.11. The molecule has 0 saturated carbocycles. The van der Waals surface area contributed by atoms with E-state index >= 15 is 0 Å². The average molecular weight is 244 g/mol. The van der Waals surface area contributed by atoms with Gasteiger partial charge in [0, 0.05) is 0 Å². The largest absolute Gasteiger partial charge is 0.506 e. The number of fused-ring (bicyclic) bond motifs is 1. The van der Waals surface area contributed by atoms with Crippen molar-refractivity contribution in [1.29, 1.82) is 0 Å². The number of nitrogens with zero attached hydrogens (tertiary/aromatic N) is 1. The van der Waals surface area contributed by atoms with Gasteiger partial charge in [-0.3, -0.25) is 4.57 Å². The Labute approximate surface area is 101 Å². The van der Waals surface area contributed by atoms with Crippen LogP contribution in [0.25, 0.3) is 16.7 Å². The van der Waals surface area contributed by atoms with E-state index in [0.29, 0.717) is 16.7 Å². The molecule has 1 aromatic heterocycles. The lowest BCUT2D eigenvalue weighted by Gasteiger charge is -2.04. The van der Waals surface area contributed by atoms with E-state index in [9.17, 15) is 14.3 Å². The number of H-pyrrole nitrogens is 1. The molecule has 0 bridgehead atoms. The van der Waals surface area contributed by atoms with Gasteiger partial charge in [0.05, 0.1) is 11.2 Å². The summed E-state index contributed by atoms with van der Waals surface area (Å²) in [6, 6.07) is 10.3. The van der Waals surface area contributed by atoms with Crippen molar-refractivity contribution < 1.29 is 9.50 Å². The minimum atomic E-state index is -0.379. The van der Waals surface area contributed by atoms with Crippen molar-refractivity contribution >= 4 is 11.0 Å². The maximum absolute atomic E-state index is 12.9. The van der Waals surface area contributed by atoms with Crippen molar-refractivity contribution in [2.75, 3.05) is 0 Å². The Kier molecular flexibility index (Phi) is 2.19. The number of aromatic amines is 1. The van der Waals surface area contributed by atoms with Crippen LogP contribution in [0.15, 0.2) is 47.3 Å². The van der Waals surface area contributed by atoms with E-state index in [2.05, 4.69) is 4.98 Å². The molecule has 0 radical (unpaired) electrons. The summed E-state index contributed by atoms with van der Waals surface area (Å²) in [4.78, 5) is 14.5. The Bertz CT molecular complexity index is 772. The number of aromatic hydroxyl groups is 1. The molecule has 5 heteroatoms. The first-order valence-electron chi connectivity index (χ1n) is 5.35. The maximum Gasteiger partial charge on any atom is 0.331 e. The smallest absolute Gasteiger partial charge is 0.331 e. The number of benzene rings is 2. The first-order valence-corrected chi connectivity index (χ1v) is 5.35. The van der Waals surface area contributed by atoms with Gasteiger partial charge in [-0.15, -0.1) is 0 Å².